The van der Waals surface area contributed by atoms with Crippen molar-refractivity contribution in [3.8, 4) is 0 Å². The Hall–Kier alpha value is -2.43. The Morgan fingerprint density at radius 1 is 1.13 bits per heavy atom. The zero-order valence-corrected chi connectivity index (χ0v) is 17.8. The molecular formula is C25H30N2O3. The molecule has 0 saturated heterocycles. The molecule has 2 aromatic rings. The highest BCUT2D eigenvalue weighted by atomic mass is 16.5. The second kappa shape index (κ2) is 7.36. The summed E-state index contributed by atoms with van der Waals surface area (Å²) in [6, 6.07) is 9.34. The number of para-hydroxylation sites is 1. The largest absolute Gasteiger partial charge is 0.452 e. The maximum absolute atomic E-state index is 12.7. The predicted molar refractivity (Wildman–Crippen MR) is 115 cm³/mol. The Balaban J connectivity index is 1.22. The molecule has 1 amide bonds. The molecule has 4 aliphatic rings. The second-order valence-electron chi connectivity index (χ2n) is 9.97. The number of carbonyl (C=O) groups excluding carboxylic acids is 2. The molecule has 5 heteroatoms. The molecule has 1 N–H and O–H groups in total. The summed E-state index contributed by atoms with van der Waals surface area (Å²) in [5, 5.41) is 3.91. The smallest absolute Gasteiger partial charge is 0.339 e. The number of rotatable bonds is 5. The molecule has 1 aromatic heterocycles. The molecule has 1 unspecified atom stereocenters. The Bertz CT molecular complexity index is 964. The van der Waals surface area contributed by atoms with Gasteiger partial charge in [-0.3, -0.25) is 9.78 Å². The minimum atomic E-state index is -0.477. The second-order valence-corrected chi connectivity index (χ2v) is 9.97. The van der Waals surface area contributed by atoms with Crippen LogP contribution in [0.2, 0.25) is 0 Å². The lowest BCUT2D eigenvalue weighted by Crippen LogP contribution is -2.56. The quantitative estimate of drug-likeness (QED) is 0.747. The molecule has 4 saturated carbocycles. The van der Waals surface area contributed by atoms with Crippen molar-refractivity contribution in [2.45, 2.75) is 58.4 Å². The fourth-order valence-electron chi connectivity index (χ4n) is 6.83. The van der Waals surface area contributed by atoms with Gasteiger partial charge in [-0.05, 0) is 87.7 Å². The van der Waals surface area contributed by atoms with Crippen LogP contribution in [0, 0.1) is 30.1 Å². The first-order chi connectivity index (χ1) is 14.4. The van der Waals surface area contributed by atoms with Crippen molar-refractivity contribution in [1.29, 1.82) is 0 Å². The van der Waals surface area contributed by atoms with Crippen molar-refractivity contribution < 1.29 is 14.3 Å². The molecule has 1 atom stereocenters. The van der Waals surface area contributed by atoms with Crippen LogP contribution in [0.5, 0.6) is 0 Å². The zero-order valence-electron chi connectivity index (χ0n) is 17.8. The van der Waals surface area contributed by atoms with Crippen molar-refractivity contribution in [2.75, 3.05) is 6.61 Å². The molecule has 4 aliphatic carbocycles. The van der Waals surface area contributed by atoms with Gasteiger partial charge in [0.25, 0.3) is 5.91 Å². The number of aromatic nitrogens is 1. The van der Waals surface area contributed by atoms with Gasteiger partial charge in [0, 0.05) is 17.1 Å². The predicted octanol–water partition coefficient (Wildman–Crippen LogP) is 4.42. The number of nitrogens with zero attached hydrogens (tertiary/aromatic N) is 1. The van der Waals surface area contributed by atoms with Crippen LogP contribution in [0.25, 0.3) is 10.9 Å². The van der Waals surface area contributed by atoms with Crippen LogP contribution in [0.1, 0.15) is 61.5 Å². The number of amides is 1. The molecule has 30 heavy (non-hydrogen) atoms. The molecule has 0 spiro atoms. The van der Waals surface area contributed by atoms with Crippen molar-refractivity contribution >= 4 is 22.8 Å². The summed E-state index contributed by atoms with van der Waals surface area (Å²) in [5.41, 5.74) is 2.21. The third-order valence-electron chi connectivity index (χ3n) is 7.78. The van der Waals surface area contributed by atoms with E-state index in [1.807, 2.05) is 31.2 Å². The number of fused-ring (bicyclic) bond motifs is 1. The lowest BCUT2D eigenvalue weighted by atomic mass is 9.48. The van der Waals surface area contributed by atoms with E-state index in [2.05, 4.69) is 17.2 Å². The Morgan fingerprint density at radius 2 is 1.77 bits per heavy atom. The number of pyridine rings is 1. The highest BCUT2D eigenvalue weighted by molar-refractivity contribution is 6.04. The van der Waals surface area contributed by atoms with Crippen LogP contribution in [0.15, 0.2) is 30.3 Å². The summed E-state index contributed by atoms with van der Waals surface area (Å²) in [6.45, 7) is 3.75. The van der Waals surface area contributed by atoms with E-state index in [9.17, 15) is 9.59 Å². The number of ether oxygens (including phenoxy) is 1. The van der Waals surface area contributed by atoms with Gasteiger partial charge in [-0.2, -0.15) is 0 Å². The van der Waals surface area contributed by atoms with E-state index in [1.165, 1.54) is 38.5 Å². The summed E-state index contributed by atoms with van der Waals surface area (Å²) in [7, 11) is 0. The van der Waals surface area contributed by atoms with Gasteiger partial charge in [-0.1, -0.05) is 18.2 Å². The van der Waals surface area contributed by atoms with Gasteiger partial charge in [-0.25, -0.2) is 4.79 Å². The first-order valence-electron chi connectivity index (χ1n) is 11.2. The van der Waals surface area contributed by atoms with E-state index < -0.39 is 5.97 Å². The number of aryl methyl sites for hydroxylation is 1. The van der Waals surface area contributed by atoms with Gasteiger partial charge in [0.05, 0.1) is 11.1 Å². The third kappa shape index (κ3) is 3.48. The Kier molecular flexibility index (Phi) is 4.79. The lowest BCUT2D eigenvalue weighted by molar-refractivity contribution is -0.128. The minimum Gasteiger partial charge on any atom is -0.452 e. The first kappa shape index (κ1) is 19.5. The molecule has 0 radical (unpaired) electrons. The van der Waals surface area contributed by atoms with Gasteiger partial charge in [0.1, 0.15) is 0 Å². The fraction of sp³-hybridized carbons (Fsp3) is 0.560. The highest BCUT2D eigenvalue weighted by Gasteiger charge is 2.53. The molecule has 5 nitrogen and oxygen atoms in total. The number of carbonyl (C=O) groups is 2. The third-order valence-corrected chi connectivity index (χ3v) is 7.78. The van der Waals surface area contributed by atoms with Gasteiger partial charge < -0.3 is 10.1 Å². The van der Waals surface area contributed by atoms with Crippen LogP contribution < -0.4 is 5.32 Å². The number of nitrogens with one attached hydrogen (secondary N) is 1. The van der Waals surface area contributed by atoms with Crippen molar-refractivity contribution in [3.05, 3.63) is 41.6 Å². The average molecular weight is 407 g/mol. The Morgan fingerprint density at radius 3 is 2.43 bits per heavy atom. The lowest BCUT2D eigenvalue weighted by Gasteiger charge is -2.59. The number of hydrogen-bond acceptors (Lipinski definition) is 4. The summed E-state index contributed by atoms with van der Waals surface area (Å²) >= 11 is 0. The first-order valence-corrected chi connectivity index (χ1v) is 11.2. The molecule has 1 aromatic carbocycles. The molecule has 4 bridgehead atoms. The van der Waals surface area contributed by atoms with Crippen LogP contribution in [0.4, 0.5) is 0 Å². The zero-order chi connectivity index (χ0) is 20.9. The highest BCUT2D eigenvalue weighted by Crippen LogP contribution is 2.61. The summed E-state index contributed by atoms with van der Waals surface area (Å²) in [4.78, 5) is 29.8. The summed E-state index contributed by atoms with van der Waals surface area (Å²) in [6.07, 6.45) is 7.87. The van der Waals surface area contributed by atoms with E-state index in [4.69, 9.17) is 4.74 Å². The van der Waals surface area contributed by atoms with E-state index in [1.54, 1.807) is 6.07 Å². The van der Waals surface area contributed by atoms with Crippen molar-refractivity contribution in [3.63, 3.8) is 0 Å². The molecule has 6 rings (SSSR count). The standard InChI is InChI=1S/C25H30N2O3/c1-15-7-21(20-5-3-4-6-22(20)26-15)24(29)30-14-23(28)27-16(2)25-11-17-8-18(12-25)10-19(9-17)13-25/h3-7,16-19H,8-14H2,1-2H3,(H,27,28). The van der Waals surface area contributed by atoms with E-state index in [0.717, 1.165) is 34.4 Å². The topological polar surface area (TPSA) is 68.3 Å². The van der Waals surface area contributed by atoms with Gasteiger partial charge in [0.15, 0.2) is 6.61 Å². The minimum absolute atomic E-state index is 0.126. The normalized spacial score (nSPS) is 30.3. The molecular weight excluding hydrogens is 376 g/mol. The van der Waals surface area contributed by atoms with Crippen molar-refractivity contribution in [1.82, 2.24) is 10.3 Å². The molecule has 158 valence electrons. The van der Waals surface area contributed by atoms with Gasteiger partial charge >= 0.3 is 5.97 Å². The maximum Gasteiger partial charge on any atom is 0.339 e. The van der Waals surface area contributed by atoms with E-state index >= 15 is 0 Å². The van der Waals surface area contributed by atoms with E-state index in [0.29, 0.717) is 5.56 Å². The molecule has 0 aliphatic heterocycles. The maximum atomic E-state index is 12.7. The summed E-state index contributed by atoms with van der Waals surface area (Å²) < 4.78 is 5.39. The number of benzene rings is 1. The van der Waals surface area contributed by atoms with Crippen LogP contribution in [0.3, 0.4) is 0 Å². The van der Waals surface area contributed by atoms with Crippen LogP contribution in [-0.2, 0) is 9.53 Å². The summed E-state index contributed by atoms with van der Waals surface area (Å²) in [5.74, 6) is 1.85. The average Bonchev–Trinajstić information content (AvgIpc) is 2.70. The molecule has 4 fully saturated rings. The van der Waals surface area contributed by atoms with Crippen LogP contribution in [-0.4, -0.2) is 29.5 Å². The molecule has 1 heterocycles. The van der Waals surface area contributed by atoms with Crippen molar-refractivity contribution in [2.24, 2.45) is 23.2 Å². The number of esters is 1. The SMILES string of the molecule is Cc1cc(C(=O)OCC(=O)NC(C)C23CC4CC(CC(C4)C2)C3)c2ccccc2n1. The van der Waals surface area contributed by atoms with Gasteiger partial charge in [0.2, 0.25) is 0 Å². The van der Waals surface area contributed by atoms with Gasteiger partial charge in [-0.15, -0.1) is 0 Å². The fourth-order valence-corrected chi connectivity index (χ4v) is 6.83. The van der Waals surface area contributed by atoms with Crippen LogP contribution >= 0.6 is 0 Å². The Labute approximate surface area is 177 Å². The number of hydrogen-bond donors (Lipinski definition) is 1. The monoisotopic (exact) mass is 406 g/mol. The van der Waals surface area contributed by atoms with E-state index in [-0.39, 0.29) is 24.0 Å².